The SMILES string of the molecule is Cc1cc(NC(=O)CSc2nnc(-c3ccc(C(C)(C)C)cc3)n2N)n(C)n1. The Balaban J connectivity index is 1.66. The molecule has 0 aliphatic rings. The van der Waals surface area contributed by atoms with E-state index in [4.69, 9.17) is 5.84 Å². The second-order valence-electron chi connectivity index (χ2n) is 7.63. The summed E-state index contributed by atoms with van der Waals surface area (Å²) in [5, 5.41) is 15.8. The van der Waals surface area contributed by atoms with Gasteiger partial charge >= 0.3 is 0 Å². The van der Waals surface area contributed by atoms with Gasteiger partial charge in [0.25, 0.3) is 0 Å². The number of thioether (sulfide) groups is 1. The molecule has 0 atom stereocenters. The number of nitrogens with zero attached hydrogens (tertiary/aromatic N) is 5. The van der Waals surface area contributed by atoms with Crippen LogP contribution in [0, 0.1) is 6.92 Å². The van der Waals surface area contributed by atoms with Gasteiger partial charge < -0.3 is 11.2 Å². The van der Waals surface area contributed by atoms with Crippen LogP contribution < -0.4 is 11.2 Å². The fraction of sp³-hybridized carbons (Fsp3) is 0.368. The van der Waals surface area contributed by atoms with Gasteiger partial charge in [-0.05, 0) is 17.9 Å². The summed E-state index contributed by atoms with van der Waals surface area (Å²) in [6.45, 7) is 8.37. The molecule has 0 saturated heterocycles. The molecule has 1 aromatic carbocycles. The van der Waals surface area contributed by atoms with Gasteiger partial charge in [-0.2, -0.15) is 5.10 Å². The highest BCUT2D eigenvalue weighted by molar-refractivity contribution is 7.99. The molecular formula is C19H25N7OS. The van der Waals surface area contributed by atoms with Crippen molar-refractivity contribution in [1.82, 2.24) is 24.7 Å². The summed E-state index contributed by atoms with van der Waals surface area (Å²) < 4.78 is 3.04. The van der Waals surface area contributed by atoms with E-state index >= 15 is 0 Å². The smallest absolute Gasteiger partial charge is 0.235 e. The standard InChI is InChI=1S/C19H25N7OS/c1-12-10-15(25(5)24-12)21-16(27)11-28-18-23-22-17(26(18)20)13-6-8-14(9-7-13)19(2,3)4/h6-10H,11,20H2,1-5H3,(H,21,27). The number of aromatic nitrogens is 5. The number of aryl methyl sites for hydroxylation is 2. The molecule has 2 aromatic heterocycles. The minimum atomic E-state index is -0.160. The molecular weight excluding hydrogens is 374 g/mol. The predicted octanol–water partition coefficient (Wildman–Crippen LogP) is 2.73. The third-order valence-corrected chi connectivity index (χ3v) is 5.22. The second kappa shape index (κ2) is 7.67. The van der Waals surface area contributed by atoms with Crippen LogP contribution in [0.2, 0.25) is 0 Å². The van der Waals surface area contributed by atoms with Crippen molar-refractivity contribution in [2.24, 2.45) is 7.05 Å². The minimum Gasteiger partial charge on any atom is -0.335 e. The molecule has 28 heavy (non-hydrogen) atoms. The maximum absolute atomic E-state index is 12.2. The van der Waals surface area contributed by atoms with Crippen LogP contribution in [-0.4, -0.2) is 36.3 Å². The van der Waals surface area contributed by atoms with E-state index in [1.54, 1.807) is 11.7 Å². The average Bonchev–Trinajstić information content (AvgIpc) is 3.14. The number of hydrogen-bond donors (Lipinski definition) is 2. The van der Waals surface area contributed by atoms with Crippen LogP contribution in [0.25, 0.3) is 11.4 Å². The van der Waals surface area contributed by atoms with Crippen molar-refractivity contribution in [3.05, 3.63) is 41.6 Å². The van der Waals surface area contributed by atoms with E-state index in [-0.39, 0.29) is 17.1 Å². The largest absolute Gasteiger partial charge is 0.335 e. The Morgan fingerprint density at radius 2 is 1.89 bits per heavy atom. The Kier molecular flexibility index (Phi) is 5.46. The van der Waals surface area contributed by atoms with Crippen LogP contribution >= 0.6 is 11.8 Å². The lowest BCUT2D eigenvalue weighted by atomic mass is 9.87. The molecule has 3 N–H and O–H groups in total. The van der Waals surface area contributed by atoms with Gasteiger partial charge in [0.05, 0.1) is 11.4 Å². The van der Waals surface area contributed by atoms with Crippen molar-refractivity contribution in [3.8, 4) is 11.4 Å². The molecule has 3 aromatic rings. The lowest BCUT2D eigenvalue weighted by molar-refractivity contribution is -0.113. The highest BCUT2D eigenvalue weighted by atomic mass is 32.2. The molecule has 0 unspecified atom stereocenters. The van der Waals surface area contributed by atoms with Crippen LogP contribution in [0.1, 0.15) is 32.0 Å². The van der Waals surface area contributed by atoms with Gasteiger partial charge in [-0.3, -0.25) is 9.48 Å². The quantitative estimate of drug-likeness (QED) is 0.505. The van der Waals surface area contributed by atoms with Gasteiger partial charge in [-0.1, -0.05) is 56.8 Å². The number of nitrogens with two attached hydrogens (primary N) is 1. The van der Waals surface area contributed by atoms with E-state index in [0.717, 1.165) is 11.3 Å². The third-order valence-electron chi connectivity index (χ3n) is 4.28. The van der Waals surface area contributed by atoms with Gasteiger partial charge in [0.2, 0.25) is 11.1 Å². The van der Waals surface area contributed by atoms with Crippen molar-refractivity contribution >= 4 is 23.5 Å². The van der Waals surface area contributed by atoms with E-state index in [0.29, 0.717) is 16.8 Å². The second-order valence-corrected chi connectivity index (χ2v) is 8.58. The Hall–Kier alpha value is -2.81. The van der Waals surface area contributed by atoms with Crippen LogP contribution in [0.4, 0.5) is 5.82 Å². The Morgan fingerprint density at radius 3 is 2.46 bits per heavy atom. The van der Waals surface area contributed by atoms with Gasteiger partial charge in [0, 0.05) is 18.7 Å². The zero-order chi connectivity index (χ0) is 20.5. The zero-order valence-corrected chi connectivity index (χ0v) is 17.5. The number of benzene rings is 1. The number of carbonyl (C=O) groups is 1. The fourth-order valence-electron chi connectivity index (χ4n) is 2.73. The van der Waals surface area contributed by atoms with Crippen molar-refractivity contribution in [2.75, 3.05) is 16.9 Å². The van der Waals surface area contributed by atoms with E-state index in [1.807, 2.05) is 25.1 Å². The topological polar surface area (TPSA) is 104 Å². The molecule has 3 rings (SSSR count). The van der Waals surface area contributed by atoms with Gasteiger partial charge in [0.15, 0.2) is 5.82 Å². The number of carbonyl (C=O) groups excluding carboxylic acids is 1. The first kappa shape index (κ1) is 19.9. The van der Waals surface area contributed by atoms with E-state index in [2.05, 4.69) is 53.5 Å². The third kappa shape index (κ3) is 4.36. The highest BCUT2D eigenvalue weighted by Gasteiger charge is 2.17. The van der Waals surface area contributed by atoms with E-state index in [9.17, 15) is 4.79 Å². The summed E-state index contributed by atoms with van der Waals surface area (Å²) in [7, 11) is 1.78. The molecule has 0 radical (unpaired) electrons. The average molecular weight is 400 g/mol. The molecule has 0 bridgehead atoms. The maximum atomic E-state index is 12.2. The lowest BCUT2D eigenvalue weighted by Crippen LogP contribution is -2.18. The van der Waals surface area contributed by atoms with Crippen LogP contribution in [-0.2, 0) is 17.3 Å². The summed E-state index contributed by atoms with van der Waals surface area (Å²) >= 11 is 1.23. The van der Waals surface area contributed by atoms with Crippen LogP contribution in [0.5, 0.6) is 0 Å². The molecule has 8 nitrogen and oxygen atoms in total. The maximum Gasteiger partial charge on any atom is 0.235 e. The van der Waals surface area contributed by atoms with Crippen molar-refractivity contribution in [2.45, 2.75) is 38.3 Å². The molecule has 0 aliphatic carbocycles. The number of amides is 1. The molecule has 0 saturated carbocycles. The normalized spacial score (nSPS) is 11.6. The van der Waals surface area contributed by atoms with Gasteiger partial charge in [-0.25, -0.2) is 4.68 Å². The zero-order valence-electron chi connectivity index (χ0n) is 16.7. The fourth-order valence-corrected chi connectivity index (χ4v) is 3.38. The van der Waals surface area contributed by atoms with E-state index in [1.165, 1.54) is 22.0 Å². The first-order valence-corrected chi connectivity index (χ1v) is 9.88. The lowest BCUT2D eigenvalue weighted by Gasteiger charge is -2.19. The Morgan fingerprint density at radius 1 is 1.21 bits per heavy atom. The predicted molar refractivity (Wildman–Crippen MR) is 112 cm³/mol. The van der Waals surface area contributed by atoms with Crippen molar-refractivity contribution in [1.29, 1.82) is 0 Å². The first-order chi connectivity index (χ1) is 13.1. The number of anilines is 1. The molecule has 0 fully saturated rings. The minimum absolute atomic E-state index is 0.0791. The molecule has 1 amide bonds. The van der Waals surface area contributed by atoms with Gasteiger partial charge in [-0.15, -0.1) is 10.2 Å². The molecule has 9 heteroatoms. The summed E-state index contributed by atoms with van der Waals surface area (Å²) in [6.07, 6.45) is 0. The van der Waals surface area contributed by atoms with Crippen molar-refractivity contribution in [3.63, 3.8) is 0 Å². The summed E-state index contributed by atoms with van der Waals surface area (Å²) in [6, 6.07) is 9.92. The number of rotatable bonds is 5. The summed E-state index contributed by atoms with van der Waals surface area (Å²) in [5.74, 6) is 7.37. The van der Waals surface area contributed by atoms with Crippen LogP contribution in [0.15, 0.2) is 35.5 Å². The van der Waals surface area contributed by atoms with Gasteiger partial charge in [0.1, 0.15) is 5.82 Å². The van der Waals surface area contributed by atoms with Crippen molar-refractivity contribution < 1.29 is 4.79 Å². The number of nitrogens with one attached hydrogen (secondary N) is 1. The van der Waals surface area contributed by atoms with Crippen LogP contribution in [0.3, 0.4) is 0 Å². The molecule has 148 valence electrons. The monoisotopic (exact) mass is 399 g/mol. The van der Waals surface area contributed by atoms with E-state index < -0.39 is 0 Å². The Labute approximate surface area is 168 Å². The summed E-state index contributed by atoms with van der Waals surface area (Å²) in [5.41, 5.74) is 3.03. The number of nitrogen functional groups attached to an aromatic ring is 1. The molecule has 2 heterocycles. The first-order valence-electron chi connectivity index (χ1n) is 8.90. The number of hydrogen-bond acceptors (Lipinski definition) is 6. The molecule has 0 spiro atoms. The Bertz CT molecular complexity index is 983. The molecule has 0 aliphatic heterocycles. The summed E-state index contributed by atoms with van der Waals surface area (Å²) in [4.78, 5) is 12.2. The highest BCUT2D eigenvalue weighted by Crippen LogP contribution is 2.26.